The van der Waals surface area contributed by atoms with Crippen LogP contribution in [-0.4, -0.2) is 32.9 Å². The van der Waals surface area contributed by atoms with E-state index in [0.29, 0.717) is 0 Å². The first-order chi connectivity index (χ1) is 10.9. The van der Waals surface area contributed by atoms with Gasteiger partial charge in [-0.15, -0.1) is 0 Å². The summed E-state index contributed by atoms with van der Waals surface area (Å²) in [5.74, 6) is 0. The zero-order valence-corrected chi connectivity index (χ0v) is 19.9. The van der Waals surface area contributed by atoms with Gasteiger partial charge in [0, 0.05) is 22.2 Å². The average Bonchev–Trinajstić information content (AvgIpc) is 2.32. The second kappa shape index (κ2) is 11.1. The Kier molecular flexibility index (Phi) is 11.3. The van der Waals surface area contributed by atoms with Gasteiger partial charge in [0.25, 0.3) is 0 Å². The number of unbranched alkanes of at least 4 members (excludes halogenated alkanes) is 6. The lowest BCUT2D eigenvalue weighted by atomic mass is 9.95. The molecule has 0 spiro atoms. The van der Waals surface area contributed by atoms with Crippen LogP contribution in [0.2, 0.25) is 51.4 Å². The van der Waals surface area contributed by atoms with Crippen LogP contribution in [0.3, 0.4) is 0 Å². The van der Waals surface area contributed by atoms with Crippen molar-refractivity contribution in [3.63, 3.8) is 0 Å². The van der Waals surface area contributed by atoms with Gasteiger partial charge in [-0.2, -0.15) is 0 Å². The summed E-state index contributed by atoms with van der Waals surface area (Å²) in [6, 6.07) is 2.16. The van der Waals surface area contributed by atoms with Crippen molar-refractivity contribution >= 4 is 16.1 Å². The Bertz CT molecular complexity index is 305. The van der Waals surface area contributed by atoms with Gasteiger partial charge >= 0.3 is 0 Å². The summed E-state index contributed by atoms with van der Waals surface area (Å²) in [6.07, 6.45) is 11.2. The van der Waals surface area contributed by atoms with Crippen molar-refractivity contribution in [3.05, 3.63) is 0 Å². The maximum Gasteiger partial charge on any atom is 0.0616 e. The number of hydrogen-bond donors (Lipinski definition) is 2. The SMILES string of the molecule is CCCCCCCCC[C@@H](N)CC(O)(C[Si](C)(C)C)C[Si](C)(C)C. The minimum absolute atomic E-state index is 0.165. The van der Waals surface area contributed by atoms with E-state index in [1.165, 1.54) is 44.9 Å². The van der Waals surface area contributed by atoms with E-state index in [2.05, 4.69) is 46.2 Å². The van der Waals surface area contributed by atoms with Crippen molar-refractivity contribution < 1.29 is 5.11 Å². The molecule has 0 aromatic carbocycles. The molecule has 3 N–H and O–H groups in total. The third kappa shape index (κ3) is 14.7. The molecule has 0 aliphatic heterocycles. The zero-order chi connectivity index (χ0) is 18.9. The molecule has 0 fully saturated rings. The first-order valence-electron chi connectivity index (χ1n) is 10.3. The summed E-state index contributed by atoms with van der Waals surface area (Å²) >= 11 is 0. The second-order valence-corrected chi connectivity index (χ2v) is 21.5. The van der Waals surface area contributed by atoms with E-state index in [0.717, 1.165) is 24.9 Å². The van der Waals surface area contributed by atoms with E-state index >= 15 is 0 Å². The summed E-state index contributed by atoms with van der Waals surface area (Å²) in [5.41, 5.74) is 5.91. The molecule has 0 radical (unpaired) electrons. The van der Waals surface area contributed by atoms with Crippen LogP contribution in [0.5, 0.6) is 0 Å². The molecular weight excluding hydrogens is 326 g/mol. The first kappa shape index (κ1) is 24.4. The highest BCUT2D eigenvalue weighted by Crippen LogP contribution is 2.34. The van der Waals surface area contributed by atoms with E-state index in [-0.39, 0.29) is 6.04 Å². The zero-order valence-electron chi connectivity index (χ0n) is 17.9. The van der Waals surface area contributed by atoms with Crippen molar-refractivity contribution in [1.82, 2.24) is 0 Å². The Morgan fingerprint density at radius 2 is 1.21 bits per heavy atom. The third-order valence-electron chi connectivity index (χ3n) is 4.54. The van der Waals surface area contributed by atoms with E-state index < -0.39 is 21.7 Å². The molecule has 0 rings (SSSR count). The summed E-state index contributed by atoms with van der Waals surface area (Å²) in [5, 5.41) is 11.3. The molecule has 0 aliphatic carbocycles. The molecular formula is C20H47NOSi2. The fourth-order valence-electron chi connectivity index (χ4n) is 4.13. The molecule has 0 saturated carbocycles. The van der Waals surface area contributed by atoms with Crippen molar-refractivity contribution in [3.8, 4) is 0 Å². The van der Waals surface area contributed by atoms with Gasteiger partial charge in [0.2, 0.25) is 0 Å². The monoisotopic (exact) mass is 373 g/mol. The molecule has 0 bridgehead atoms. The molecule has 2 nitrogen and oxygen atoms in total. The van der Waals surface area contributed by atoms with E-state index in [9.17, 15) is 5.11 Å². The highest BCUT2D eigenvalue weighted by atomic mass is 28.3. The highest BCUT2D eigenvalue weighted by molar-refractivity contribution is 6.78. The largest absolute Gasteiger partial charge is 0.390 e. The molecule has 0 aromatic heterocycles. The van der Waals surface area contributed by atoms with Crippen molar-refractivity contribution in [1.29, 1.82) is 0 Å². The Balaban J connectivity index is 4.32. The van der Waals surface area contributed by atoms with E-state index in [1.54, 1.807) is 0 Å². The highest BCUT2D eigenvalue weighted by Gasteiger charge is 2.38. The van der Waals surface area contributed by atoms with Crippen LogP contribution in [0.1, 0.15) is 64.7 Å². The maximum absolute atomic E-state index is 11.3. The van der Waals surface area contributed by atoms with Crippen LogP contribution < -0.4 is 5.73 Å². The normalized spacial score (nSPS) is 14.9. The number of hydrogen-bond acceptors (Lipinski definition) is 2. The molecule has 0 aromatic rings. The predicted molar refractivity (Wildman–Crippen MR) is 116 cm³/mol. The molecule has 24 heavy (non-hydrogen) atoms. The predicted octanol–water partition coefficient (Wildman–Crippen LogP) is 6.25. The van der Waals surface area contributed by atoms with Gasteiger partial charge in [-0.3, -0.25) is 0 Å². The van der Waals surface area contributed by atoms with Crippen LogP contribution in [0.4, 0.5) is 0 Å². The summed E-state index contributed by atoms with van der Waals surface area (Å²) in [6.45, 7) is 16.5. The maximum atomic E-state index is 11.3. The molecule has 0 saturated heterocycles. The molecule has 0 heterocycles. The van der Waals surface area contributed by atoms with Crippen LogP contribution in [0.15, 0.2) is 0 Å². The molecule has 0 amide bonds. The summed E-state index contributed by atoms with van der Waals surface area (Å²) in [7, 11) is -2.60. The fraction of sp³-hybridized carbons (Fsp3) is 1.00. The summed E-state index contributed by atoms with van der Waals surface area (Å²) < 4.78 is 0. The van der Waals surface area contributed by atoms with Gasteiger partial charge in [-0.25, -0.2) is 0 Å². The van der Waals surface area contributed by atoms with Gasteiger partial charge in [0.05, 0.1) is 5.60 Å². The Hall–Kier alpha value is 0.354. The van der Waals surface area contributed by atoms with Crippen LogP contribution in [-0.2, 0) is 0 Å². The second-order valence-electron chi connectivity index (χ2n) is 10.6. The Morgan fingerprint density at radius 3 is 1.62 bits per heavy atom. The lowest BCUT2D eigenvalue weighted by Crippen LogP contribution is -2.46. The van der Waals surface area contributed by atoms with Crippen molar-refractivity contribution in [2.45, 2.75) is 128 Å². The van der Waals surface area contributed by atoms with E-state index in [4.69, 9.17) is 5.73 Å². The first-order valence-corrected chi connectivity index (χ1v) is 17.8. The van der Waals surface area contributed by atoms with Gasteiger partial charge in [0.15, 0.2) is 0 Å². The third-order valence-corrected chi connectivity index (χ3v) is 7.98. The standard InChI is InChI=1S/C20H47NOSi2/c1-8-9-10-11-12-13-14-15-19(21)16-20(22,17-23(2,3)4)18-24(5,6)7/h19,22H,8-18,21H2,1-7H3/t19-/m1/s1. The number of nitrogens with two attached hydrogens (primary N) is 1. The van der Waals surface area contributed by atoms with Gasteiger partial charge < -0.3 is 10.8 Å². The van der Waals surface area contributed by atoms with Crippen molar-refractivity contribution in [2.75, 3.05) is 0 Å². The van der Waals surface area contributed by atoms with Crippen molar-refractivity contribution in [2.24, 2.45) is 5.73 Å². The smallest absolute Gasteiger partial charge is 0.0616 e. The van der Waals surface area contributed by atoms with Crippen LogP contribution in [0, 0.1) is 0 Å². The number of rotatable bonds is 14. The van der Waals surface area contributed by atoms with Crippen LogP contribution >= 0.6 is 0 Å². The molecule has 0 unspecified atom stereocenters. The summed E-state index contributed by atoms with van der Waals surface area (Å²) in [4.78, 5) is 0. The molecule has 4 heteroatoms. The lowest BCUT2D eigenvalue weighted by Gasteiger charge is -2.39. The molecule has 1 atom stereocenters. The fourth-order valence-corrected chi connectivity index (χ4v) is 8.87. The topological polar surface area (TPSA) is 46.2 Å². The Labute approximate surface area is 155 Å². The quantitative estimate of drug-likeness (QED) is 0.279. The minimum atomic E-state index is -1.30. The van der Waals surface area contributed by atoms with E-state index in [1.807, 2.05) is 0 Å². The number of aliphatic hydroxyl groups is 1. The Morgan fingerprint density at radius 1 is 0.792 bits per heavy atom. The van der Waals surface area contributed by atoms with Crippen LogP contribution in [0.25, 0.3) is 0 Å². The van der Waals surface area contributed by atoms with Gasteiger partial charge in [-0.05, 0) is 24.9 Å². The molecule has 0 aliphatic rings. The average molecular weight is 374 g/mol. The molecule has 146 valence electrons. The lowest BCUT2D eigenvalue weighted by molar-refractivity contribution is 0.0597. The van der Waals surface area contributed by atoms with Gasteiger partial charge in [0.1, 0.15) is 0 Å². The van der Waals surface area contributed by atoms with Gasteiger partial charge in [-0.1, -0.05) is 91.2 Å². The minimum Gasteiger partial charge on any atom is -0.390 e.